The molecule has 0 N–H and O–H groups in total. The van der Waals surface area contributed by atoms with Crippen LogP contribution in [0.1, 0.15) is 13.8 Å². The number of pyridine rings is 1. The first-order valence-corrected chi connectivity index (χ1v) is 5.50. The molecule has 1 aromatic rings. The van der Waals surface area contributed by atoms with Gasteiger partial charge in [-0.15, -0.1) is 0 Å². The Labute approximate surface area is 96.8 Å². The molecule has 1 aromatic heterocycles. The molecule has 72 valence electrons. The first-order valence-electron chi connectivity index (χ1n) is 4.04. The van der Waals surface area contributed by atoms with Crippen LogP contribution in [0.2, 0.25) is 5.15 Å². The molecule has 0 radical (unpaired) electrons. The van der Waals surface area contributed by atoms with E-state index >= 15 is 0 Å². The Kier molecular flexibility index (Phi) is 4.25. The third-order valence-electron chi connectivity index (χ3n) is 1.35. The lowest BCUT2D eigenvalue weighted by molar-refractivity contribution is 0.270. The van der Waals surface area contributed by atoms with E-state index in [4.69, 9.17) is 16.3 Å². The monoisotopic (exact) mass is 311 g/mol. The van der Waals surface area contributed by atoms with Gasteiger partial charge >= 0.3 is 0 Å². The second-order valence-electron chi connectivity index (χ2n) is 3.13. The molecule has 0 amide bonds. The molecule has 0 spiro atoms. The van der Waals surface area contributed by atoms with Crippen LogP contribution in [0, 0.1) is 9.62 Å². The van der Waals surface area contributed by atoms with Gasteiger partial charge in [0.15, 0.2) is 10.9 Å². The molecule has 0 aliphatic rings. The Balaban J connectivity index is 2.67. The molecule has 1 heterocycles. The van der Waals surface area contributed by atoms with Gasteiger partial charge in [-0.25, -0.2) is 4.98 Å². The number of ether oxygens (including phenoxy) is 1. The molecule has 1 rings (SSSR count). The van der Waals surface area contributed by atoms with Crippen molar-refractivity contribution in [3.63, 3.8) is 0 Å². The molecule has 0 aliphatic carbocycles. The largest absolute Gasteiger partial charge is 0.490 e. The highest BCUT2D eigenvalue weighted by Gasteiger charge is 2.04. The summed E-state index contributed by atoms with van der Waals surface area (Å²) in [6.07, 6.45) is 0. The van der Waals surface area contributed by atoms with Crippen molar-refractivity contribution in [2.45, 2.75) is 13.8 Å². The smallest absolute Gasteiger partial charge is 0.172 e. The third-order valence-corrected chi connectivity index (χ3v) is 2.22. The van der Waals surface area contributed by atoms with Crippen LogP contribution in [0.5, 0.6) is 5.75 Å². The molecule has 0 aromatic carbocycles. The Hall–Kier alpha value is -0.0300. The van der Waals surface area contributed by atoms with Gasteiger partial charge in [0.25, 0.3) is 0 Å². The minimum Gasteiger partial charge on any atom is -0.490 e. The SMILES string of the molecule is CC(C)COc1ccc(I)nc1Cl. The molecule has 0 saturated carbocycles. The zero-order chi connectivity index (χ0) is 9.84. The van der Waals surface area contributed by atoms with Crippen LogP contribution >= 0.6 is 34.2 Å². The number of hydrogen-bond donors (Lipinski definition) is 0. The summed E-state index contributed by atoms with van der Waals surface area (Å²) in [6, 6.07) is 3.72. The van der Waals surface area contributed by atoms with Crippen molar-refractivity contribution in [3.8, 4) is 5.75 Å². The summed E-state index contributed by atoms with van der Waals surface area (Å²) >= 11 is 7.98. The van der Waals surface area contributed by atoms with Gasteiger partial charge in [-0.3, -0.25) is 0 Å². The Morgan fingerprint density at radius 1 is 1.54 bits per heavy atom. The number of aromatic nitrogens is 1. The van der Waals surface area contributed by atoms with E-state index in [1.54, 1.807) is 0 Å². The predicted molar refractivity (Wildman–Crippen MR) is 62.3 cm³/mol. The maximum atomic E-state index is 5.87. The maximum absolute atomic E-state index is 5.87. The lowest BCUT2D eigenvalue weighted by Gasteiger charge is -2.09. The van der Waals surface area contributed by atoms with E-state index in [-0.39, 0.29) is 0 Å². The van der Waals surface area contributed by atoms with Crippen LogP contribution in [0.25, 0.3) is 0 Å². The number of halogens is 2. The topological polar surface area (TPSA) is 22.1 Å². The fraction of sp³-hybridized carbons (Fsp3) is 0.444. The lowest BCUT2D eigenvalue weighted by atomic mass is 10.2. The summed E-state index contributed by atoms with van der Waals surface area (Å²) in [5.41, 5.74) is 0. The molecule has 0 aliphatic heterocycles. The van der Waals surface area contributed by atoms with Crippen LogP contribution in [-0.4, -0.2) is 11.6 Å². The standard InChI is InChI=1S/C9H11ClINO/c1-6(2)5-13-7-3-4-8(11)12-9(7)10/h3-4,6H,5H2,1-2H3. The van der Waals surface area contributed by atoms with E-state index in [9.17, 15) is 0 Å². The second-order valence-corrected chi connectivity index (χ2v) is 4.59. The summed E-state index contributed by atoms with van der Waals surface area (Å²) in [7, 11) is 0. The number of rotatable bonds is 3. The lowest BCUT2D eigenvalue weighted by Crippen LogP contribution is -2.05. The molecule has 0 fully saturated rings. The van der Waals surface area contributed by atoms with E-state index < -0.39 is 0 Å². The Bertz CT molecular complexity index is 291. The van der Waals surface area contributed by atoms with Gasteiger partial charge in [-0.1, -0.05) is 25.4 Å². The average molecular weight is 312 g/mol. The predicted octanol–water partition coefficient (Wildman–Crippen LogP) is 3.37. The van der Waals surface area contributed by atoms with Crippen molar-refractivity contribution >= 4 is 34.2 Å². The van der Waals surface area contributed by atoms with Gasteiger partial charge in [0.1, 0.15) is 3.70 Å². The van der Waals surface area contributed by atoms with Crippen molar-refractivity contribution in [1.29, 1.82) is 0 Å². The maximum Gasteiger partial charge on any atom is 0.172 e. The number of hydrogen-bond acceptors (Lipinski definition) is 2. The molecule has 0 bridgehead atoms. The van der Waals surface area contributed by atoms with Gasteiger partial charge in [0, 0.05) is 0 Å². The van der Waals surface area contributed by atoms with Crippen LogP contribution in [0.4, 0.5) is 0 Å². The minimum absolute atomic E-state index is 0.438. The molecule has 13 heavy (non-hydrogen) atoms. The minimum atomic E-state index is 0.438. The van der Waals surface area contributed by atoms with Gasteiger partial charge in [-0.2, -0.15) is 0 Å². The van der Waals surface area contributed by atoms with E-state index in [2.05, 4.69) is 41.4 Å². The molecule has 0 saturated heterocycles. The summed E-state index contributed by atoms with van der Waals surface area (Å²) in [6.45, 7) is 4.85. The fourth-order valence-corrected chi connectivity index (χ4v) is 1.54. The summed E-state index contributed by atoms with van der Waals surface area (Å²) in [4.78, 5) is 4.08. The van der Waals surface area contributed by atoms with Gasteiger partial charge < -0.3 is 4.74 Å². The van der Waals surface area contributed by atoms with Gasteiger partial charge in [0.2, 0.25) is 0 Å². The zero-order valence-electron chi connectivity index (χ0n) is 7.55. The van der Waals surface area contributed by atoms with E-state index in [1.807, 2.05) is 12.1 Å². The quantitative estimate of drug-likeness (QED) is 0.631. The van der Waals surface area contributed by atoms with Gasteiger partial charge in [0.05, 0.1) is 6.61 Å². The molecule has 0 atom stereocenters. The van der Waals surface area contributed by atoms with Crippen molar-refractivity contribution < 1.29 is 4.74 Å². The van der Waals surface area contributed by atoms with E-state index in [1.165, 1.54) is 0 Å². The summed E-state index contributed by atoms with van der Waals surface area (Å²) in [5, 5.41) is 0.438. The van der Waals surface area contributed by atoms with Crippen LogP contribution in [0.3, 0.4) is 0 Å². The first-order chi connectivity index (χ1) is 6.09. The first kappa shape index (κ1) is 11.0. The molecular weight excluding hydrogens is 300 g/mol. The summed E-state index contributed by atoms with van der Waals surface area (Å²) < 4.78 is 6.33. The zero-order valence-corrected chi connectivity index (χ0v) is 10.5. The fourth-order valence-electron chi connectivity index (χ4n) is 0.763. The molecular formula is C9H11ClINO. The molecule has 2 nitrogen and oxygen atoms in total. The highest BCUT2D eigenvalue weighted by atomic mass is 127. The Morgan fingerprint density at radius 2 is 2.23 bits per heavy atom. The number of nitrogens with zero attached hydrogens (tertiary/aromatic N) is 1. The van der Waals surface area contributed by atoms with Crippen LogP contribution in [-0.2, 0) is 0 Å². The second kappa shape index (κ2) is 5.00. The van der Waals surface area contributed by atoms with Gasteiger partial charge in [-0.05, 0) is 40.6 Å². The van der Waals surface area contributed by atoms with E-state index in [0.717, 1.165) is 3.70 Å². The highest BCUT2D eigenvalue weighted by molar-refractivity contribution is 14.1. The van der Waals surface area contributed by atoms with Crippen LogP contribution in [0.15, 0.2) is 12.1 Å². The third kappa shape index (κ3) is 3.68. The highest BCUT2D eigenvalue weighted by Crippen LogP contribution is 2.23. The molecule has 4 heteroatoms. The van der Waals surface area contributed by atoms with E-state index in [0.29, 0.717) is 23.4 Å². The van der Waals surface area contributed by atoms with Crippen molar-refractivity contribution in [3.05, 3.63) is 21.0 Å². The van der Waals surface area contributed by atoms with Crippen molar-refractivity contribution in [1.82, 2.24) is 4.98 Å². The van der Waals surface area contributed by atoms with Crippen molar-refractivity contribution in [2.75, 3.05) is 6.61 Å². The van der Waals surface area contributed by atoms with Crippen LogP contribution < -0.4 is 4.74 Å². The average Bonchev–Trinajstić information content (AvgIpc) is 2.02. The Morgan fingerprint density at radius 3 is 2.77 bits per heavy atom. The normalized spacial score (nSPS) is 10.5. The summed E-state index contributed by atoms with van der Waals surface area (Å²) in [5.74, 6) is 1.16. The molecule has 0 unspecified atom stereocenters. The van der Waals surface area contributed by atoms with Crippen molar-refractivity contribution in [2.24, 2.45) is 5.92 Å².